The Bertz CT molecular complexity index is 904. The molecule has 0 spiro atoms. The summed E-state index contributed by atoms with van der Waals surface area (Å²) in [7, 11) is 0. The first-order chi connectivity index (χ1) is 13.0. The van der Waals surface area contributed by atoms with Crippen LogP contribution < -0.4 is 11.1 Å². The second-order valence-corrected chi connectivity index (χ2v) is 7.00. The van der Waals surface area contributed by atoms with Crippen LogP contribution in [0, 0.1) is 5.92 Å². The monoisotopic (exact) mass is 384 g/mol. The molecule has 1 atom stereocenters. The van der Waals surface area contributed by atoms with Crippen LogP contribution in [0.1, 0.15) is 41.7 Å². The number of hydrogen-bond acceptors (Lipinski definition) is 5. The normalized spacial score (nSPS) is 12.2. The summed E-state index contributed by atoms with van der Waals surface area (Å²) in [6.45, 7) is 4.43. The minimum atomic E-state index is -0.405. The van der Waals surface area contributed by atoms with Crippen molar-refractivity contribution in [2.24, 2.45) is 11.7 Å². The Morgan fingerprint density at radius 1 is 1.15 bits per heavy atom. The summed E-state index contributed by atoms with van der Waals surface area (Å²) in [5.74, 6) is 0.678. The zero-order valence-corrected chi connectivity index (χ0v) is 15.9. The standard InChI is InChI=1S/C20H21ClN4O2/c1-12(2)17(23-19(26)15-7-9-16(21)10-8-15)20-24-18(25-27-20)14-5-3-13(11-22)4-6-14/h3-10,12,17H,11,22H2,1-2H3,(H,23,26). The van der Waals surface area contributed by atoms with Crippen molar-refractivity contribution >= 4 is 17.5 Å². The lowest BCUT2D eigenvalue weighted by atomic mass is 10.0. The van der Waals surface area contributed by atoms with Gasteiger partial charge >= 0.3 is 0 Å². The van der Waals surface area contributed by atoms with E-state index in [4.69, 9.17) is 21.9 Å². The highest BCUT2D eigenvalue weighted by atomic mass is 35.5. The largest absolute Gasteiger partial charge is 0.340 e. The van der Waals surface area contributed by atoms with E-state index in [-0.39, 0.29) is 11.8 Å². The molecule has 7 heteroatoms. The molecule has 0 radical (unpaired) electrons. The first-order valence-corrected chi connectivity index (χ1v) is 9.05. The van der Waals surface area contributed by atoms with E-state index in [9.17, 15) is 4.79 Å². The first kappa shape index (κ1) is 19.1. The van der Waals surface area contributed by atoms with Crippen molar-refractivity contribution in [3.8, 4) is 11.4 Å². The minimum Gasteiger partial charge on any atom is -0.340 e. The number of rotatable bonds is 6. The highest BCUT2D eigenvalue weighted by molar-refractivity contribution is 6.30. The molecule has 0 saturated carbocycles. The van der Waals surface area contributed by atoms with Gasteiger partial charge in [0, 0.05) is 22.7 Å². The molecular weight excluding hydrogens is 364 g/mol. The van der Waals surface area contributed by atoms with E-state index < -0.39 is 6.04 Å². The molecule has 3 N–H and O–H groups in total. The molecule has 0 aliphatic heterocycles. The van der Waals surface area contributed by atoms with Crippen LogP contribution >= 0.6 is 11.6 Å². The van der Waals surface area contributed by atoms with E-state index in [2.05, 4.69) is 15.5 Å². The third-order valence-corrected chi connectivity index (χ3v) is 4.47. The van der Waals surface area contributed by atoms with Gasteiger partial charge in [0.15, 0.2) is 0 Å². The Morgan fingerprint density at radius 3 is 2.41 bits per heavy atom. The molecule has 0 fully saturated rings. The molecule has 0 bridgehead atoms. The summed E-state index contributed by atoms with van der Waals surface area (Å²) in [6.07, 6.45) is 0. The van der Waals surface area contributed by atoms with Crippen LogP contribution in [0.15, 0.2) is 53.1 Å². The van der Waals surface area contributed by atoms with Gasteiger partial charge in [0.1, 0.15) is 6.04 Å². The van der Waals surface area contributed by atoms with E-state index in [0.29, 0.717) is 28.8 Å². The summed E-state index contributed by atoms with van der Waals surface area (Å²) >= 11 is 5.88. The summed E-state index contributed by atoms with van der Waals surface area (Å²) in [5, 5.41) is 7.59. The number of nitrogens with two attached hydrogens (primary N) is 1. The van der Waals surface area contributed by atoms with Crippen LogP contribution in [0.3, 0.4) is 0 Å². The molecular formula is C20H21ClN4O2. The van der Waals surface area contributed by atoms with Gasteiger partial charge in [-0.2, -0.15) is 4.98 Å². The van der Waals surface area contributed by atoms with E-state index in [1.54, 1.807) is 24.3 Å². The van der Waals surface area contributed by atoms with Crippen molar-refractivity contribution in [2.75, 3.05) is 0 Å². The number of carbonyl (C=O) groups excluding carboxylic acids is 1. The Balaban J connectivity index is 1.79. The van der Waals surface area contributed by atoms with Crippen molar-refractivity contribution in [2.45, 2.75) is 26.4 Å². The molecule has 2 aromatic carbocycles. The van der Waals surface area contributed by atoms with Gasteiger partial charge in [-0.05, 0) is 35.7 Å². The van der Waals surface area contributed by atoms with Crippen molar-refractivity contribution in [1.29, 1.82) is 0 Å². The molecule has 140 valence electrons. The van der Waals surface area contributed by atoms with E-state index in [0.717, 1.165) is 11.1 Å². The number of carbonyl (C=O) groups is 1. The fourth-order valence-electron chi connectivity index (χ4n) is 2.61. The van der Waals surface area contributed by atoms with Gasteiger partial charge in [0.05, 0.1) is 0 Å². The van der Waals surface area contributed by atoms with Gasteiger partial charge in [-0.3, -0.25) is 4.79 Å². The lowest BCUT2D eigenvalue weighted by Crippen LogP contribution is -2.32. The number of amides is 1. The number of hydrogen-bond donors (Lipinski definition) is 2. The molecule has 1 aromatic heterocycles. The second kappa shape index (κ2) is 8.33. The van der Waals surface area contributed by atoms with Crippen LogP contribution in [0.4, 0.5) is 0 Å². The number of nitrogens with one attached hydrogen (secondary N) is 1. The van der Waals surface area contributed by atoms with Crippen molar-refractivity contribution in [1.82, 2.24) is 15.5 Å². The molecule has 27 heavy (non-hydrogen) atoms. The zero-order valence-electron chi connectivity index (χ0n) is 15.1. The Labute approximate surface area is 162 Å². The topological polar surface area (TPSA) is 94.0 Å². The number of benzene rings is 2. The van der Waals surface area contributed by atoms with E-state index in [1.165, 1.54) is 0 Å². The Kier molecular flexibility index (Phi) is 5.88. The van der Waals surface area contributed by atoms with Crippen LogP contribution in [0.25, 0.3) is 11.4 Å². The zero-order chi connectivity index (χ0) is 19.4. The maximum absolute atomic E-state index is 12.5. The first-order valence-electron chi connectivity index (χ1n) is 8.67. The number of halogens is 1. The number of aromatic nitrogens is 2. The summed E-state index contributed by atoms with van der Waals surface area (Å²) in [5.41, 5.74) is 7.99. The predicted octanol–water partition coefficient (Wildman–Crippen LogP) is 3.98. The van der Waals surface area contributed by atoms with Gasteiger partial charge in [-0.25, -0.2) is 0 Å². The van der Waals surface area contributed by atoms with Crippen LogP contribution in [0.5, 0.6) is 0 Å². The maximum Gasteiger partial charge on any atom is 0.251 e. The second-order valence-electron chi connectivity index (χ2n) is 6.56. The molecule has 6 nitrogen and oxygen atoms in total. The Morgan fingerprint density at radius 2 is 1.81 bits per heavy atom. The van der Waals surface area contributed by atoms with Crippen LogP contribution in [0.2, 0.25) is 5.02 Å². The molecule has 3 rings (SSSR count). The highest BCUT2D eigenvalue weighted by Gasteiger charge is 2.25. The molecule has 1 amide bonds. The highest BCUT2D eigenvalue weighted by Crippen LogP contribution is 2.24. The lowest BCUT2D eigenvalue weighted by Gasteiger charge is -2.18. The SMILES string of the molecule is CC(C)C(NC(=O)c1ccc(Cl)cc1)c1nc(-c2ccc(CN)cc2)no1. The quantitative estimate of drug-likeness (QED) is 0.670. The van der Waals surface area contributed by atoms with Gasteiger partial charge < -0.3 is 15.6 Å². The molecule has 0 saturated heterocycles. The molecule has 0 aliphatic rings. The number of nitrogens with zero attached hydrogens (tertiary/aromatic N) is 2. The Hall–Kier alpha value is -2.70. The molecule has 1 unspecified atom stereocenters. The fourth-order valence-corrected chi connectivity index (χ4v) is 2.73. The van der Waals surface area contributed by atoms with Crippen molar-refractivity contribution in [3.63, 3.8) is 0 Å². The summed E-state index contributed by atoms with van der Waals surface area (Å²) in [6, 6.07) is 13.9. The smallest absolute Gasteiger partial charge is 0.251 e. The van der Waals surface area contributed by atoms with Gasteiger partial charge in [0.2, 0.25) is 11.7 Å². The van der Waals surface area contributed by atoms with Crippen molar-refractivity contribution < 1.29 is 9.32 Å². The van der Waals surface area contributed by atoms with Gasteiger partial charge in [0.25, 0.3) is 5.91 Å². The third-order valence-electron chi connectivity index (χ3n) is 4.22. The van der Waals surface area contributed by atoms with Crippen LogP contribution in [-0.2, 0) is 6.54 Å². The van der Waals surface area contributed by atoms with Crippen molar-refractivity contribution in [3.05, 3.63) is 70.6 Å². The lowest BCUT2D eigenvalue weighted by molar-refractivity contribution is 0.0914. The average molecular weight is 385 g/mol. The van der Waals surface area contributed by atoms with E-state index >= 15 is 0 Å². The predicted molar refractivity (Wildman–Crippen MR) is 104 cm³/mol. The van der Waals surface area contributed by atoms with Gasteiger partial charge in [-0.1, -0.05) is 54.9 Å². The van der Waals surface area contributed by atoms with Gasteiger partial charge in [-0.15, -0.1) is 0 Å². The van der Waals surface area contributed by atoms with E-state index in [1.807, 2.05) is 38.1 Å². The summed E-state index contributed by atoms with van der Waals surface area (Å²) < 4.78 is 5.43. The third kappa shape index (κ3) is 4.53. The molecule has 3 aromatic rings. The summed E-state index contributed by atoms with van der Waals surface area (Å²) in [4.78, 5) is 17.0. The average Bonchev–Trinajstić information content (AvgIpc) is 3.16. The molecule has 1 heterocycles. The molecule has 0 aliphatic carbocycles. The minimum absolute atomic E-state index is 0.0640. The van der Waals surface area contributed by atoms with Crippen LogP contribution in [-0.4, -0.2) is 16.0 Å². The maximum atomic E-state index is 12.5. The fraction of sp³-hybridized carbons (Fsp3) is 0.250.